The van der Waals surface area contributed by atoms with Crippen molar-refractivity contribution in [3.8, 4) is 0 Å². The van der Waals surface area contributed by atoms with E-state index in [1.807, 2.05) is 18.9 Å². The summed E-state index contributed by atoms with van der Waals surface area (Å²) in [6.07, 6.45) is 0. The molecule has 0 aliphatic rings. The average Bonchev–Trinajstić information content (AvgIpc) is 2.95. The lowest BCUT2D eigenvalue weighted by Gasteiger charge is -2.24. The fraction of sp³-hybridized carbons (Fsp3) is 0.312. The maximum absolute atomic E-state index is 12.9. The minimum Gasteiger partial charge on any atom is -0.463 e. The zero-order chi connectivity index (χ0) is 15.4. The number of carbonyl (C=O) groups excluding carboxylic acids is 1. The molecular weight excluding hydrogens is 273 g/mol. The number of halogens is 1. The van der Waals surface area contributed by atoms with Gasteiger partial charge in [0.25, 0.3) is 0 Å². The van der Waals surface area contributed by atoms with Crippen molar-refractivity contribution in [1.29, 1.82) is 0 Å². The molecule has 112 valence electrons. The van der Waals surface area contributed by atoms with Crippen molar-refractivity contribution in [1.82, 2.24) is 4.90 Å². The zero-order valence-electron chi connectivity index (χ0n) is 12.3. The summed E-state index contributed by atoms with van der Waals surface area (Å²) in [5.74, 6) is 0.125. The van der Waals surface area contributed by atoms with Gasteiger partial charge >= 0.3 is 5.97 Å². The average molecular weight is 291 g/mol. The van der Waals surface area contributed by atoms with Crippen molar-refractivity contribution in [3.63, 3.8) is 0 Å². The van der Waals surface area contributed by atoms with Gasteiger partial charge in [-0.15, -0.1) is 0 Å². The van der Waals surface area contributed by atoms with E-state index in [0.717, 1.165) is 5.56 Å². The van der Waals surface area contributed by atoms with E-state index in [0.29, 0.717) is 12.3 Å². The second kappa shape index (κ2) is 6.54. The second-order valence-corrected chi connectivity index (χ2v) is 4.90. The van der Waals surface area contributed by atoms with Crippen LogP contribution in [0.25, 0.3) is 0 Å². The summed E-state index contributed by atoms with van der Waals surface area (Å²) in [4.78, 5) is 13.4. The third kappa shape index (κ3) is 3.70. The standard InChI is InChI=1S/C16H18FNO3/c1-11(12-4-6-13(17)7-5-12)18(2)10-14-8-9-15(21-14)16(19)20-3/h4-9,11H,10H2,1-3H3. The van der Waals surface area contributed by atoms with Crippen LogP contribution in [0.4, 0.5) is 4.39 Å². The van der Waals surface area contributed by atoms with E-state index < -0.39 is 5.97 Å². The predicted octanol–water partition coefficient (Wildman–Crippen LogP) is 3.40. The molecule has 0 N–H and O–H groups in total. The molecule has 0 aliphatic carbocycles. The summed E-state index contributed by atoms with van der Waals surface area (Å²) in [6.45, 7) is 2.56. The molecule has 0 saturated heterocycles. The van der Waals surface area contributed by atoms with Gasteiger partial charge in [0.1, 0.15) is 11.6 Å². The van der Waals surface area contributed by atoms with Gasteiger partial charge in [-0.05, 0) is 43.8 Å². The molecule has 5 heteroatoms. The van der Waals surface area contributed by atoms with E-state index in [-0.39, 0.29) is 17.6 Å². The lowest BCUT2D eigenvalue weighted by molar-refractivity contribution is 0.0561. The fourth-order valence-corrected chi connectivity index (χ4v) is 2.05. The van der Waals surface area contributed by atoms with Gasteiger partial charge in [0, 0.05) is 6.04 Å². The molecule has 21 heavy (non-hydrogen) atoms. The molecule has 0 bridgehead atoms. The Kier molecular flexibility index (Phi) is 4.75. The Morgan fingerprint density at radius 3 is 2.57 bits per heavy atom. The number of carbonyl (C=O) groups is 1. The van der Waals surface area contributed by atoms with E-state index >= 15 is 0 Å². The molecule has 0 fully saturated rings. The van der Waals surface area contributed by atoms with E-state index in [1.54, 1.807) is 24.3 Å². The van der Waals surface area contributed by atoms with Crippen LogP contribution < -0.4 is 0 Å². The van der Waals surface area contributed by atoms with Gasteiger partial charge in [-0.25, -0.2) is 9.18 Å². The number of nitrogens with zero attached hydrogens (tertiary/aromatic N) is 1. The lowest BCUT2D eigenvalue weighted by Crippen LogP contribution is -2.21. The molecule has 0 spiro atoms. The van der Waals surface area contributed by atoms with Crippen LogP contribution in [0.15, 0.2) is 40.8 Å². The Morgan fingerprint density at radius 2 is 1.95 bits per heavy atom. The molecule has 0 saturated carbocycles. The van der Waals surface area contributed by atoms with Gasteiger partial charge < -0.3 is 9.15 Å². The maximum Gasteiger partial charge on any atom is 0.373 e. The molecular formula is C16H18FNO3. The topological polar surface area (TPSA) is 42.7 Å². The zero-order valence-corrected chi connectivity index (χ0v) is 12.3. The number of esters is 1. The van der Waals surface area contributed by atoms with E-state index in [1.165, 1.54) is 19.2 Å². The SMILES string of the molecule is COC(=O)c1ccc(CN(C)C(C)c2ccc(F)cc2)o1. The number of methoxy groups -OCH3 is 1. The van der Waals surface area contributed by atoms with Crippen molar-refractivity contribution >= 4 is 5.97 Å². The van der Waals surface area contributed by atoms with Gasteiger partial charge in [0.2, 0.25) is 5.76 Å². The van der Waals surface area contributed by atoms with E-state index in [9.17, 15) is 9.18 Å². The quantitative estimate of drug-likeness (QED) is 0.792. The summed E-state index contributed by atoms with van der Waals surface area (Å²) in [5.41, 5.74) is 1.01. The second-order valence-electron chi connectivity index (χ2n) is 4.90. The Bertz CT molecular complexity index is 606. The van der Waals surface area contributed by atoms with Crippen LogP contribution in [0, 0.1) is 5.82 Å². The highest BCUT2D eigenvalue weighted by Gasteiger charge is 2.16. The van der Waals surface area contributed by atoms with Crippen LogP contribution in [-0.4, -0.2) is 25.0 Å². The van der Waals surface area contributed by atoms with E-state index in [4.69, 9.17) is 4.42 Å². The normalized spacial score (nSPS) is 12.4. The Hall–Kier alpha value is -2.14. The van der Waals surface area contributed by atoms with Gasteiger partial charge in [-0.2, -0.15) is 0 Å². The predicted molar refractivity (Wildman–Crippen MR) is 76.3 cm³/mol. The summed E-state index contributed by atoms with van der Waals surface area (Å²) in [5, 5.41) is 0. The van der Waals surface area contributed by atoms with Crippen LogP contribution in [0.5, 0.6) is 0 Å². The van der Waals surface area contributed by atoms with Crippen molar-refractivity contribution in [2.24, 2.45) is 0 Å². The third-order valence-corrected chi connectivity index (χ3v) is 3.47. The number of hydrogen-bond donors (Lipinski definition) is 0. The first-order valence-corrected chi connectivity index (χ1v) is 6.64. The van der Waals surface area contributed by atoms with Crippen molar-refractivity contribution in [2.45, 2.75) is 19.5 Å². The molecule has 0 radical (unpaired) electrons. The van der Waals surface area contributed by atoms with Crippen LogP contribution in [-0.2, 0) is 11.3 Å². The van der Waals surface area contributed by atoms with Gasteiger partial charge in [0.05, 0.1) is 13.7 Å². The molecule has 1 unspecified atom stereocenters. The number of benzene rings is 1. The summed E-state index contributed by atoms with van der Waals surface area (Å²) < 4.78 is 23.0. The molecule has 1 heterocycles. The van der Waals surface area contributed by atoms with Crippen molar-refractivity contribution < 1.29 is 18.3 Å². The van der Waals surface area contributed by atoms with Gasteiger partial charge in [-0.1, -0.05) is 12.1 Å². The minimum atomic E-state index is -0.490. The summed E-state index contributed by atoms with van der Waals surface area (Å²) >= 11 is 0. The molecule has 4 nitrogen and oxygen atoms in total. The van der Waals surface area contributed by atoms with Crippen LogP contribution in [0.2, 0.25) is 0 Å². The smallest absolute Gasteiger partial charge is 0.373 e. The minimum absolute atomic E-state index is 0.0947. The van der Waals surface area contributed by atoms with Crippen LogP contribution >= 0.6 is 0 Å². The van der Waals surface area contributed by atoms with Crippen LogP contribution in [0.1, 0.15) is 34.8 Å². The van der Waals surface area contributed by atoms with Gasteiger partial charge in [0.15, 0.2) is 0 Å². The van der Waals surface area contributed by atoms with E-state index in [2.05, 4.69) is 4.74 Å². The molecule has 2 rings (SSSR count). The largest absolute Gasteiger partial charge is 0.463 e. The monoisotopic (exact) mass is 291 g/mol. The highest BCUT2D eigenvalue weighted by atomic mass is 19.1. The molecule has 0 aliphatic heterocycles. The Labute approximate surface area is 123 Å². The number of rotatable bonds is 5. The van der Waals surface area contributed by atoms with Crippen LogP contribution in [0.3, 0.4) is 0 Å². The molecule has 2 aromatic rings. The maximum atomic E-state index is 12.9. The highest BCUT2D eigenvalue weighted by molar-refractivity contribution is 5.86. The first-order chi connectivity index (χ1) is 10.0. The number of ether oxygens (including phenoxy) is 1. The highest BCUT2D eigenvalue weighted by Crippen LogP contribution is 2.21. The summed E-state index contributed by atoms with van der Waals surface area (Å²) in [6, 6.07) is 9.86. The fourth-order valence-electron chi connectivity index (χ4n) is 2.05. The number of furan rings is 1. The first kappa shape index (κ1) is 15.3. The third-order valence-electron chi connectivity index (χ3n) is 3.47. The number of hydrogen-bond acceptors (Lipinski definition) is 4. The molecule has 1 aromatic carbocycles. The molecule has 1 atom stereocenters. The Balaban J connectivity index is 2.03. The molecule has 1 aromatic heterocycles. The molecule has 0 amide bonds. The lowest BCUT2D eigenvalue weighted by atomic mass is 10.1. The van der Waals surface area contributed by atoms with Gasteiger partial charge in [-0.3, -0.25) is 4.90 Å². The Morgan fingerprint density at radius 1 is 1.29 bits per heavy atom. The van der Waals surface area contributed by atoms with Crippen molar-refractivity contribution in [3.05, 3.63) is 59.3 Å². The van der Waals surface area contributed by atoms with Crippen molar-refractivity contribution in [2.75, 3.05) is 14.2 Å². The first-order valence-electron chi connectivity index (χ1n) is 6.64. The summed E-state index contributed by atoms with van der Waals surface area (Å²) in [7, 11) is 3.25.